The largest absolute Gasteiger partial charge is 0.378 e. The van der Waals surface area contributed by atoms with Crippen LogP contribution >= 0.6 is 0 Å². The summed E-state index contributed by atoms with van der Waals surface area (Å²) < 4.78 is 21.5. The van der Waals surface area contributed by atoms with Gasteiger partial charge in [0.05, 0.1) is 71.2 Å². The molecule has 1 N–H and O–H groups in total. The van der Waals surface area contributed by atoms with Gasteiger partial charge in [0.25, 0.3) is 0 Å². The number of rotatable bonds is 1. The van der Waals surface area contributed by atoms with E-state index >= 15 is 0 Å². The average Bonchev–Trinajstić information content (AvgIpc) is 2.47. The minimum absolute atomic E-state index is 0.455. The first kappa shape index (κ1) is 17.3. The molecule has 1 rings (SSSR count). The fourth-order valence-electron chi connectivity index (χ4n) is 1.59. The van der Waals surface area contributed by atoms with Crippen LogP contribution in [-0.2, 0) is 18.9 Å². The molecule has 1 fully saturated rings. The lowest BCUT2D eigenvalue weighted by atomic mass is 10.5. The van der Waals surface area contributed by atoms with Crippen molar-refractivity contribution in [3.8, 4) is 0 Å². The lowest BCUT2D eigenvalue weighted by Crippen LogP contribution is -2.28. The molecule has 0 aliphatic carbocycles. The van der Waals surface area contributed by atoms with E-state index in [0.717, 1.165) is 13.1 Å². The lowest BCUT2D eigenvalue weighted by molar-refractivity contribution is 0.0208. The SMILES string of the molecule is O=NN1CCOCCOCCNCCOCCOCC1. The summed E-state index contributed by atoms with van der Waals surface area (Å²) >= 11 is 0. The predicted octanol–water partition coefficient (Wildman–Crippen LogP) is -0.361. The summed E-state index contributed by atoms with van der Waals surface area (Å²) in [6.45, 7) is 6.86. The Labute approximate surface area is 119 Å². The standard InChI is InChI=1S/C12H25N3O5/c16-14-15-3-7-19-11-9-17-5-1-13-2-6-18-10-12-20-8-4-15/h13H,1-12H2. The third-order valence-electron chi connectivity index (χ3n) is 2.69. The number of ether oxygens (including phenoxy) is 4. The molecule has 20 heavy (non-hydrogen) atoms. The smallest absolute Gasteiger partial charge is 0.0701 e. The van der Waals surface area contributed by atoms with Crippen molar-refractivity contribution in [2.45, 2.75) is 0 Å². The van der Waals surface area contributed by atoms with Crippen molar-refractivity contribution in [1.29, 1.82) is 0 Å². The van der Waals surface area contributed by atoms with Crippen molar-refractivity contribution in [2.75, 3.05) is 79.0 Å². The van der Waals surface area contributed by atoms with Gasteiger partial charge >= 0.3 is 0 Å². The van der Waals surface area contributed by atoms with Crippen LogP contribution in [0.25, 0.3) is 0 Å². The van der Waals surface area contributed by atoms with Crippen molar-refractivity contribution in [1.82, 2.24) is 10.3 Å². The third kappa shape index (κ3) is 10.0. The molecule has 0 aromatic heterocycles. The Morgan fingerprint density at radius 1 is 0.700 bits per heavy atom. The maximum atomic E-state index is 10.6. The van der Waals surface area contributed by atoms with E-state index in [1.165, 1.54) is 5.01 Å². The second-order valence-electron chi connectivity index (χ2n) is 4.23. The summed E-state index contributed by atoms with van der Waals surface area (Å²) in [4.78, 5) is 10.6. The minimum Gasteiger partial charge on any atom is -0.378 e. The van der Waals surface area contributed by atoms with Gasteiger partial charge < -0.3 is 24.3 Å². The Balaban J connectivity index is 2.16. The van der Waals surface area contributed by atoms with Crippen molar-refractivity contribution in [3.63, 3.8) is 0 Å². The van der Waals surface area contributed by atoms with Gasteiger partial charge in [0.2, 0.25) is 0 Å². The molecule has 0 amide bonds. The fourth-order valence-corrected chi connectivity index (χ4v) is 1.59. The molecule has 0 aromatic carbocycles. The van der Waals surface area contributed by atoms with Crippen LogP contribution in [0, 0.1) is 4.91 Å². The molecule has 0 spiro atoms. The quantitative estimate of drug-likeness (QED) is 0.661. The van der Waals surface area contributed by atoms with Gasteiger partial charge in [-0.05, 0) is 0 Å². The number of nitrogens with zero attached hydrogens (tertiary/aromatic N) is 2. The van der Waals surface area contributed by atoms with Crippen molar-refractivity contribution < 1.29 is 18.9 Å². The summed E-state index contributed by atoms with van der Waals surface area (Å²) in [5, 5.41) is 7.55. The highest BCUT2D eigenvalue weighted by Gasteiger charge is 2.03. The molecule has 1 saturated heterocycles. The summed E-state index contributed by atoms with van der Waals surface area (Å²) in [7, 11) is 0. The summed E-state index contributed by atoms with van der Waals surface area (Å²) in [5.41, 5.74) is 0. The lowest BCUT2D eigenvalue weighted by Gasteiger charge is -2.15. The molecule has 0 unspecified atom stereocenters. The first-order valence-corrected chi connectivity index (χ1v) is 7.03. The highest BCUT2D eigenvalue weighted by molar-refractivity contribution is 4.51. The average molecular weight is 291 g/mol. The molecule has 0 atom stereocenters. The molecular weight excluding hydrogens is 266 g/mol. The fraction of sp³-hybridized carbons (Fsp3) is 1.00. The summed E-state index contributed by atoms with van der Waals surface area (Å²) in [6.07, 6.45) is 0. The molecule has 0 saturated carbocycles. The molecule has 1 aliphatic rings. The van der Waals surface area contributed by atoms with Gasteiger partial charge in [-0.1, -0.05) is 0 Å². The van der Waals surface area contributed by atoms with E-state index in [1.54, 1.807) is 0 Å². The van der Waals surface area contributed by atoms with Crippen molar-refractivity contribution in [3.05, 3.63) is 4.91 Å². The normalized spacial score (nSPS) is 22.7. The number of hydrogen-bond donors (Lipinski definition) is 1. The summed E-state index contributed by atoms with van der Waals surface area (Å²) in [5.74, 6) is 0. The molecule has 1 heterocycles. The van der Waals surface area contributed by atoms with Crippen LogP contribution in [0.3, 0.4) is 0 Å². The minimum atomic E-state index is 0.455. The second kappa shape index (κ2) is 13.2. The molecule has 0 bridgehead atoms. The van der Waals surface area contributed by atoms with E-state index in [2.05, 4.69) is 10.6 Å². The zero-order chi connectivity index (χ0) is 14.3. The summed E-state index contributed by atoms with van der Waals surface area (Å²) in [6, 6.07) is 0. The van der Waals surface area contributed by atoms with Gasteiger partial charge in [-0.15, -0.1) is 4.91 Å². The molecular formula is C12H25N3O5. The van der Waals surface area contributed by atoms with Gasteiger partial charge in [-0.2, -0.15) is 0 Å². The first-order chi connectivity index (χ1) is 9.93. The molecule has 0 aromatic rings. The second-order valence-corrected chi connectivity index (χ2v) is 4.23. The van der Waals surface area contributed by atoms with Crippen LogP contribution in [0.2, 0.25) is 0 Å². The predicted molar refractivity (Wildman–Crippen MR) is 73.5 cm³/mol. The van der Waals surface area contributed by atoms with Crippen LogP contribution in [0.1, 0.15) is 0 Å². The molecule has 1 aliphatic heterocycles. The Hall–Kier alpha value is -0.800. The van der Waals surface area contributed by atoms with Crippen molar-refractivity contribution >= 4 is 0 Å². The molecule has 118 valence electrons. The maximum absolute atomic E-state index is 10.6. The zero-order valence-electron chi connectivity index (χ0n) is 11.9. The molecule has 0 radical (unpaired) electrons. The van der Waals surface area contributed by atoms with Gasteiger partial charge in [-0.3, -0.25) is 5.01 Å². The molecule has 8 heteroatoms. The number of hydrogen-bond acceptors (Lipinski definition) is 7. The Bertz CT molecular complexity index is 215. The van der Waals surface area contributed by atoms with Gasteiger partial charge in [0.1, 0.15) is 0 Å². The Morgan fingerprint density at radius 3 is 1.60 bits per heavy atom. The highest BCUT2D eigenvalue weighted by Crippen LogP contribution is 1.91. The van der Waals surface area contributed by atoms with Crippen LogP contribution in [0.5, 0.6) is 0 Å². The van der Waals surface area contributed by atoms with Crippen LogP contribution < -0.4 is 5.32 Å². The van der Waals surface area contributed by atoms with Crippen LogP contribution in [0.4, 0.5) is 0 Å². The van der Waals surface area contributed by atoms with Gasteiger partial charge in [0, 0.05) is 13.1 Å². The topological polar surface area (TPSA) is 81.6 Å². The van der Waals surface area contributed by atoms with Crippen LogP contribution in [0.15, 0.2) is 5.29 Å². The van der Waals surface area contributed by atoms with Gasteiger partial charge in [0.15, 0.2) is 0 Å². The Morgan fingerprint density at radius 2 is 1.15 bits per heavy atom. The highest BCUT2D eigenvalue weighted by atomic mass is 16.5. The third-order valence-corrected chi connectivity index (χ3v) is 2.69. The molecule has 8 nitrogen and oxygen atoms in total. The Kier molecular flexibility index (Phi) is 11.4. The van der Waals surface area contributed by atoms with Gasteiger partial charge in [-0.25, -0.2) is 0 Å². The maximum Gasteiger partial charge on any atom is 0.0701 e. The number of nitroso groups, excluding NO2 is 1. The van der Waals surface area contributed by atoms with Crippen molar-refractivity contribution in [2.24, 2.45) is 5.29 Å². The van der Waals surface area contributed by atoms with E-state index in [9.17, 15) is 4.91 Å². The van der Waals surface area contributed by atoms with E-state index < -0.39 is 0 Å². The van der Waals surface area contributed by atoms with Crippen LogP contribution in [-0.4, -0.2) is 84.0 Å². The van der Waals surface area contributed by atoms with E-state index in [0.29, 0.717) is 65.9 Å². The van der Waals surface area contributed by atoms with E-state index in [-0.39, 0.29) is 0 Å². The van der Waals surface area contributed by atoms with E-state index in [4.69, 9.17) is 18.9 Å². The zero-order valence-corrected chi connectivity index (χ0v) is 11.9. The first-order valence-electron chi connectivity index (χ1n) is 7.03. The number of nitrogens with one attached hydrogen (secondary N) is 1. The van der Waals surface area contributed by atoms with E-state index in [1.807, 2.05) is 0 Å². The monoisotopic (exact) mass is 291 g/mol.